The molecule has 0 heterocycles. The third-order valence-corrected chi connectivity index (χ3v) is 3.32. The second-order valence-electron chi connectivity index (χ2n) is 4.36. The maximum atomic E-state index is 13.1. The molecular weight excluding hydrogens is 201 g/mol. The molecule has 0 saturated heterocycles. The average Bonchev–Trinajstić information content (AvgIpc) is 3.08. The number of nitriles is 1. The Balaban J connectivity index is 2.31. The van der Waals surface area contributed by atoms with Crippen LogP contribution in [0.25, 0.3) is 10.8 Å². The summed E-state index contributed by atoms with van der Waals surface area (Å²) in [5, 5.41) is 11.1. The Kier molecular flexibility index (Phi) is 1.79. The Hall–Kier alpha value is -1.88. The molecule has 0 bridgehead atoms. The Bertz CT molecular complexity index is 606. The van der Waals surface area contributed by atoms with E-state index in [2.05, 4.69) is 6.07 Å². The van der Waals surface area contributed by atoms with Gasteiger partial charge in [0, 0.05) is 0 Å². The van der Waals surface area contributed by atoms with Crippen LogP contribution < -0.4 is 0 Å². The van der Waals surface area contributed by atoms with Crippen LogP contribution in [-0.4, -0.2) is 0 Å². The highest BCUT2D eigenvalue weighted by Crippen LogP contribution is 2.49. The molecule has 0 atom stereocenters. The minimum Gasteiger partial charge on any atom is -0.207 e. The molecule has 0 aromatic heterocycles. The molecule has 2 aromatic rings. The monoisotopic (exact) mass is 211 g/mol. The zero-order valence-electron chi connectivity index (χ0n) is 8.70. The summed E-state index contributed by atoms with van der Waals surface area (Å²) in [7, 11) is 0. The molecule has 16 heavy (non-hydrogen) atoms. The summed E-state index contributed by atoms with van der Waals surface area (Å²) in [5.41, 5.74) is 0.740. The van der Waals surface area contributed by atoms with E-state index in [-0.39, 0.29) is 11.2 Å². The quantitative estimate of drug-likeness (QED) is 0.707. The largest absolute Gasteiger partial charge is 0.207 e. The molecule has 0 amide bonds. The lowest BCUT2D eigenvalue weighted by Crippen LogP contribution is -2.03. The number of rotatable bonds is 1. The van der Waals surface area contributed by atoms with Crippen LogP contribution in [0.2, 0.25) is 0 Å². The van der Waals surface area contributed by atoms with Gasteiger partial charge in [-0.25, -0.2) is 4.39 Å². The van der Waals surface area contributed by atoms with Gasteiger partial charge in [-0.1, -0.05) is 24.3 Å². The Morgan fingerprint density at radius 2 is 2.00 bits per heavy atom. The predicted octanol–water partition coefficient (Wildman–Crippen LogP) is 3.53. The molecule has 3 rings (SSSR count). The van der Waals surface area contributed by atoms with Gasteiger partial charge in [0.25, 0.3) is 0 Å². The molecule has 1 aliphatic carbocycles. The van der Waals surface area contributed by atoms with E-state index in [1.807, 2.05) is 18.2 Å². The van der Waals surface area contributed by atoms with Crippen molar-refractivity contribution < 1.29 is 4.39 Å². The van der Waals surface area contributed by atoms with Crippen molar-refractivity contribution in [3.63, 3.8) is 0 Å². The van der Waals surface area contributed by atoms with Gasteiger partial charge in [0.2, 0.25) is 0 Å². The van der Waals surface area contributed by atoms with E-state index in [0.29, 0.717) is 0 Å². The van der Waals surface area contributed by atoms with Crippen molar-refractivity contribution in [2.75, 3.05) is 0 Å². The van der Waals surface area contributed by atoms with Crippen LogP contribution >= 0.6 is 0 Å². The highest BCUT2D eigenvalue weighted by molar-refractivity contribution is 5.87. The van der Waals surface area contributed by atoms with Crippen molar-refractivity contribution in [2.45, 2.75) is 18.3 Å². The molecule has 0 unspecified atom stereocenters. The van der Waals surface area contributed by atoms with Crippen molar-refractivity contribution in [3.05, 3.63) is 47.8 Å². The topological polar surface area (TPSA) is 23.8 Å². The average molecular weight is 211 g/mol. The minimum atomic E-state index is -0.308. The number of hydrogen-bond acceptors (Lipinski definition) is 1. The fraction of sp³-hybridized carbons (Fsp3) is 0.214. The SMILES string of the molecule is N#CC1(c2cccc3cc(F)ccc23)CC1. The normalized spacial score (nSPS) is 17.0. The number of fused-ring (bicyclic) bond motifs is 1. The zero-order chi connectivity index (χ0) is 11.2. The molecule has 0 radical (unpaired) electrons. The smallest absolute Gasteiger partial charge is 0.123 e. The lowest BCUT2D eigenvalue weighted by Gasteiger charge is -2.10. The van der Waals surface area contributed by atoms with E-state index < -0.39 is 0 Å². The molecule has 2 heteroatoms. The first kappa shape index (κ1) is 9.35. The van der Waals surface area contributed by atoms with E-state index in [1.165, 1.54) is 12.1 Å². The molecular formula is C14H10FN. The maximum Gasteiger partial charge on any atom is 0.123 e. The first-order valence-electron chi connectivity index (χ1n) is 5.35. The van der Waals surface area contributed by atoms with E-state index in [9.17, 15) is 9.65 Å². The van der Waals surface area contributed by atoms with Crippen LogP contribution in [0.5, 0.6) is 0 Å². The van der Waals surface area contributed by atoms with Crippen LogP contribution in [0.4, 0.5) is 4.39 Å². The summed E-state index contributed by atoms with van der Waals surface area (Å²) < 4.78 is 13.1. The lowest BCUT2D eigenvalue weighted by molar-refractivity contribution is 0.629. The standard InChI is InChI=1S/C14H10FN/c15-11-4-5-12-10(8-11)2-1-3-13(12)14(9-16)6-7-14/h1-5,8H,6-7H2. The number of hydrogen-bond donors (Lipinski definition) is 0. The van der Waals surface area contributed by atoms with Crippen molar-refractivity contribution in [2.24, 2.45) is 0 Å². The molecule has 78 valence electrons. The highest BCUT2D eigenvalue weighted by atomic mass is 19.1. The van der Waals surface area contributed by atoms with Gasteiger partial charge in [-0.3, -0.25) is 0 Å². The third kappa shape index (κ3) is 1.22. The Morgan fingerprint density at radius 3 is 2.69 bits per heavy atom. The maximum absolute atomic E-state index is 13.1. The van der Waals surface area contributed by atoms with Gasteiger partial charge >= 0.3 is 0 Å². The lowest BCUT2D eigenvalue weighted by atomic mass is 9.92. The van der Waals surface area contributed by atoms with E-state index in [4.69, 9.17) is 0 Å². The minimum absolute atomic E-state index is 0.230. The van der Waals surface area contributed by atoms with Crippen LogP contribution in [0.1, 0.15) is 18.4 Å². The van der Waals surface area contributed by atoms with Gasteiger partial charge in [0.1, 0.15) is 5.82 Å². The summed E-state index contributed by atoms with van der Waals surface area (Å²) in [6.45, 7) is 0. The highest BCUT2D eigenvalue weighted by Gasteiger charge is 2.45. The summed E-state index contributed by atoms with van der Waals surface area (Å²) >= 11 is 0. The number of halogens is 1. The van der Waals surface area contributed by atoms with E-state index in [1.54, 1.807) is 6.07 Å². The number of nitrogens with zero attached hydrogens (tertiary/aromatic N) is 1. The first-order chi connectivity index (χ1) is 7.75. The van der Waals surface area contributed by atoms with Gasteiger partial charge < -0.3 is 0 Å². The Labute approximate surface area is 93.1 Å². The molecule has 1 aliphatic rings. The van der Waals surface area contributed by atoms with E-state index >= 15 is 0 Å². The second kappa shape index (κ2) is 3.05. The summed E-state index contributed by atoms with van der Waals surface area (Å²) in [5.74, 6) is -0.230. The van der Waals surface area contributed by atoms with Crippen molar-refractivity contribution in [1.29, 1.82) is 5.26 Å². The molecule has 1 nitrogen and oxygen atoms in total. The molecule has 0 aliphatic heterocycles. The molecule has 2 aromatic carbocycles. The van der Waals surface area contributed by atoms with Crippen LogP contribution in [0, 0.1) is 17.1 Å². The summed E-state index contributed by atoms with van der Waals surface area (Å²) in [6, 6.07) is 12.9. The molecule has 1 saturated carbocycles. The van der Waals surface area contributed by atoms with Crippen LogP contribution in [0.15, 0.2) is 36.4 Å². The van der Waals surface area contributed by atoms with E-state index in [0.717, 1.165) is 29.2 Å². The second-order valence-corrected chi connectivity index (χ2v) is 4.36. The zero-order valence-corrected chi connectivity index (χ0v) is 8.70. The van der Waals surface area contributed by atoms with Crippen molar-refractivity contribution in [3.8, 4) is 6.07 Å². The van der Waals surface area contributed by atoms with Gasteiger partial charge in [0.15, 0.2) is 0 Å². The van der Waals surface area contributed by atoms with Gasteiger partial charge in [0.05, 0.1) is 11.5 Å². The van der Waals surface area contributed by atoms with Gasteiger partial charge in [-0.2, -0.15) is 5.26 Å². The molecule has 0 spiro atoms. The molecule has 0 N–H and O–H groups in total. The van der Waals surface area contributed by atoms with Crippen molar-refractivity contribution in [1.82, 2.24) is 0 Å². The van der Waals surface area contributed by atoms with Crippen LogP contribution in [-0.2, 0) is 5.41 Å². The third-order valence-electron chi connectivity index (χ3n) is 3.32. The first-order valence-corrected chi connectivity index (χ1v) is 5.35. The molecule has 1 fully saturated rings. The number of benzene rings is 2. The van der Waals surface area contributed by atoms with Gasteiger partial charge in [-0.15, -0.1) is 0 Å². The predicted molar refractivity (Wildman–Crippen MR) is 60.4 cm³/mol. The van der Waals surface area contributed by atoms with Gasteiger partial charge in [-0.05, 0) is 41.3 Å². The Morgan fingerprint density at radius 1 is 1.19 bits per heavy atom. The van der Waals surface area contributed by atoms with Crippen LogP contribution in [0.3, 0.4) is 0 Å². The summed E-state index contributed by atoms with van der Waals surface area (Å²) in [4.78, 5) is 0. The summed E-state index contributed by atoms with van der Waals surface area (Å²) in [6.07, 6.45) is 1.83. The fourth-order valence-corrected chi connectivity index (χ4v) is 2.24. The van der Waals surface area contributed by atoms with Crippen molar-refractivity contribution >= 4 is 10.8 Å². The fourth-order valence-electron chi connectivity index (χ4n) is 2.24.